The molecule has 1 aliphatic rings. The van der Waals surface area contributed by atoms with Crippen LogP contribution in [-0.2, 0) is 27.4 Å². The van der Waals surface area contributed by atoms with Gasteiger partial charge in [-0.05, 0) is 28.8 Å². The number of ether oxygens (including phenoxy) is 2. The topological polar surface area (TPSA) is 118 Å². The largest absolute Gasteiger partial charge is 0.478 e. The molecule has 1 aliphatic heterocycles. The molecule has 0 spiro atoms. The molecule has 2 aromatic carbocycles. The lowest BCUT2D eigenvalue weighted by Gasteiger charge is -2.41. The smallest absolute Gasteiger partial charge is 0.338 e. The minimum absolute atomic E-state index is 0.0345. The standard InChI is InChI=1S/C28H30N2O6S/c1-17-24(16-37-26-23(27(33)34)4-3-13-29-26)35-28(22-11-5-19(6-12-22)14-30-18(2)32)36-25(17)21-9-7-20(15-31)8-10-21/h3-13,17,24-25,28,31H,14-16H2,1-2H3,(H,30,32)(H,33,34)/t17-,24+,25+,28+/m0/s1. The van der Waals surface area contributed by atoms with Gasteiger partial charge in [-0.15, -0.1) is 11.8 Å². The summed E-state index contributed by atoms with van der Waals surface area (Å²) in [4.78, 5) is 27.1. The van der Waals surface area contributed by atoms with Gasteiger partial charge >= 0.3 is 5.97 Å². The molecular formula is C28H30N2O6S. The number of thioether (sulfide) groups is 1. The van der Waals surface area contributed by atoms with Crippen LogP contribution >= 0.6 is 11.8 Å². The second kappa shape index (κ2) is 12.3. The van der Waals surface area contributed by atoms with Gasteiger partial charge in [-0.25, -0.2) is 9.78 Å². The van der Waals surface area contributed by atoms with Gasteiger partial charge in [0.05, 0.1) is 24.4 Å². The van der Waals surface area contributed by atoms with Gasteiger partial charge in [0.2, 0.25) is 5.91 Å². The maximum atomic E-state index is 11.6. The zero-order valence-electron chi connectivity index (χ0n) is 20.7. The third-order valence-electron chi connectivity index (χ3n) is 6.30. The number of carboxylic acid groups (broad SMARTS) is 1. The second-order valence-corrected chi connectivity index (χ2v) is 9.95. The van der Waals surface area contributed by atoms with Crippen molar-refractivity contribution in [2.75, 3.05) is 5.75 Å². The van der Waals surface area contributed by atoms with Crippen LogP contribution in [0.1, 0.15) is 58.9 Å². The molecule has 0 unspecified atom stereocenters. The lowest BCUT2D eigenvalue weighted by Crippen LogP contribution is -2.38. The van der Waals surface area contributed by atoms with Crippen LogP contribution in [0.3, 0.4) is 0 Å². The molecule has 0 bridgehead atoms. The molecule has 0 saturated carbocycles. The van der Waals surface area contributed by atoms with Gasteiger partial charge in [0.1, 0.15) is 5.03 Å². The van der Waals surface area contributed by atoms with E-state index >= 15 is 0 Å². The molecule has 3 N–H and O–H groups in total. The van der Waals surface area contributed by atoms with Crippen LogP contribution < -0.4 is 5.32 Å². The van der Waals surface area contributed by atoms with Crippen LogP contribution in [-0.4, -0.2) is 38.9 Å². The number of amides is 1. The van der Waals surface area contributed by atoms with Crippen LogP contribution in [0.2, 0.25) is 0 Å². The van der Waals surface area contributed by atoms with Gasteiger partial charge in [-0.1, -0.05) is 55.5 Å². The van der Waals surface area contributed by atoms with E-state index in [1.807, 2.05) is 48.5 Å². The molecule has 8 nitrogen and oxygen atoms in total. The maximum absolute atomic E-state index is 11.6. The number of nitrogens with zero attached hydrogens (tertiary/aromatic N) is 1. The number of carboxylic acids is 1. The number of rotatable bonds is 9. The summed E-state index contributed by atoms with van der Waals surface area (Å²) >= 11 is 1.35. The van der Waals surface area contributed by atoms with E-state index in [1.165, 1.54) is 18.7 Å². The summed E-state index contributed by atoms with van der Waals surface area (Å²) in [7, 11) is 0. The Hall–Kier alpha value is -3.24. The van der Waals surface area contributed by atoms with Gasteiger partial charge in [0, 0.05) is 36.9 Å². The van der Waals surface area contributed by atoms with Crippen LogP contribution in [0.15, 0.2) is 71.9 Å². The first-order valence-corrected chi connectivity index (χ1v) is 13.0. The van der Waals surface area contributed by atoms with E-state index in [9.17, 15) is 19.8 Å². The Morgan fingerprint density at radius 2 is 1.68 bits per heavy atom. The first kappa shape index (κ1) is 26.8. The minimum atomic E-state index is -1.02. The number of aliphatic hydroxyl groups is 1. The minimum Gasteiger partial charge on any atom is -0.478 e. The fourth-order valence-electron chi connectivity index (χ4n) is 4.16. The molecule has 1 fully saturated rings. The lowest BCUT2D eigenvalue weighted by molar-refractivity contribution is -0.268. The highest BCUT2D eigenvalue weighted by atomic mass is 32.2. The van der Waals surface area contributed by atoms with E-state index in [0.29, 0.717) is 17.3 Å². The van der Waals surface area contributed by atoms with Crippen LogP contribution in [0, 0.1) is 5.92 Å². The Morgan fingerprint density at radius 1 is 1.00 bits per heavy atom. The molecule has 3 aromatic rings. The van der Waals surface area contributed by atoms with Crippen LogP contribution in [0.4, 0.5) is 0 Å². The molecule has 2 heterocycles. The highest BCUT2D eigenvalue weighted by Gasteiger charge is 2.38. The van der Waals surface area contributed by atoms with Crippen molar-refractivity contribution in [2.24, 2.45) is 5.92 Å². The van der Waals surface area contributed by atoms with E-state index < -0.39 is 12.3 Å². The average Bonchev–Trinajstić information content (AvgIpc) is 2.92. The molecule has 0 aliphatic carbocycles. The summed E-state index contributed by atoms with van der Waals surface area (Å²) in [6.45, 7) is 3.94. The first-order valence-electron chi connectivity index (χ1n) is 12.0. The van der Waals surface area contributed by atoms with Gasteiger partial charge in [0.25, 0.3) is 0 Å². The number of carbonyl (C=O) groups excluding carboxylic acids is 1. The van der Waals surface area contributed by atoms with Gasteiger partial charge in [-0.3, -0.25) is 4.79 Å². The molecule has 1 amide bonds. The van der Waals surface area contributed by atoms with Crippen molar-refractivity contribution in [3.8, 4) is 0 Å². The van der Waals surface area contributed by atoms with E-state index in [1.54, 1.807) is 18.3 Å². The molecule has 37 heavy (non-hydrogen) atoms. The van der Waals surface area contributed by atoms with Crippen molar-refractivity contribution in [2.45, 2.75) is 50.5 Å². The highest BCUT2D eigenvalue weighted by molar-refractivity contribution is 7.99. The quantitative estimate of drug-likeness (QED) is 0.352. The Bertz CT molecular complexity index is 1220. The molecule has 4 atom stereocenters. The summed E-state index contributed by atoms with van der Waals surface area (Å²) in [6, 6.07) is 18.5. The van der Waals surface area contributed by atoms with Crippen molar-refractivity contribution in [1.82, 2.24) is 10.3 Å². The van der Waals surface area contributed by atoms with E-state index in [0.717, 1.165) is 22.3 Å². The van der Waals surface area contributed by atoms with Crippen LogP contribution in [0.5, 0.6) is 0 Å². The predicted octanol–water partition coefficient (Wildman–Crippen LogP) is 4.49. The van der Waals surface area contributed by atoms with E-state index in [4.69, 9.17) is 9.47 Å². The number of hydrogen-bond acceptors (Lipinski definition) is 7. The number of aromatic carboxylic acids is 1. The number of pyridine rings is 1. The molecule has 194 valence electrons. The number of benzene rings is 2. The summed E-state index contributed by atoms with van der Waals surface area (Å²) in [5.74, 6) is -0.661. The second-order valence-electron chi connectivity index (χ2n) is 8.95. The van der Waals surface area contributed by atoms with Crippen molar-refractivity contribution in [1.29, 1.82) is 0 Å². The number of aliphatic hydroxyl groups excluding tert-OH is 1. The summed E-state index contributed by atoms with van der Waals surface area (Å²) in [5.41, 5.74) is 3.75. The Kier molecular flexibility index (Phi) is 8.94. The van der Waals surface area contributed by atoms with Gasteiger partial charge in [-0.2, -0.15) is 0 Å². The van der Waals surface area contributed by atoms with Crippen molar-refractivity contribution in [3.63, 3.8) is 0 Å². The molecule has 4 rings (SSSR count). The molecule has 1 saturated heterocycles. The van der Waals surface area contributed by atoms with Crippen LogP contribution in [0.25, 0.3) is 0 Å². The summed E-state index contributed by atoms with van der Waals surface area (Å²) in [5, 5.41) is 22.2. The number of aromatic nitrogens is 1. The number of nitrogens with one attached hydrogen (secondary N) is 1. The third kappa shape index (κ3) is 6.75. The Morgan fingerprint density at radius 3 is 2.32 bits per heavy atom. The lowest BCUT2D eigenvalue weighted by atomic mass is 9.91. The van der Waals surface area contributed by atoms with Crippen molar-refractivity contribution in [3.05, 3.63) is 94.7 Å². The monoisotopic (exact) mass is 522 g/mol. The Balaban J connectivity index is 1.57. The average molecular weight is 523 g/mol. The molecule has 1 aromatic heterocycles. The van der Waals surface area contributed by atoms with Crippen molar-refractivity contribution >= 4 is 23.6 Å². The third-order valence-corrected chi connectivity index (χ3v) is 7.40. The van der Waals surface area contributed by atoms with E-state index in [-0.39, 0.29) is 36.2 Å². The maximum Gasteiger partial charge on any atom is 0.338 e. The normalized spacial score (nSPS) is 21.4. The SMILES string of the molecule is CC(=O)NCc1ccc([C@@H]2O[C@H](CSc3ncccc3C(=O)O)[C@H](C)[C@H](c3ccc(CO)cc3)O2)cc1. The number of carbonyl (C=O) groups is 2. The van der Waals surface area contributed by atoms with E-state index in [2.05, 4.69) is 17.2 Å². The zero-order valence-corrected chi connectivity index (χ0v) is 21.5. The summed E-state index contributed by atoms with van der Waals surface area (Å²) in [6.07, 6.45) is 0.412. The van der Waals surface area contributed by atoms with Gasteiger partial charge < -0.3 is 25.0 Å². The molecule has 0 radical (unpaired) electrons. The predicted molar refractivity (Wildman–Crippen MR) is 139 cm³/mol. The summed E-state index contributed by atoms with van der Waals surface area (Å²) < 4.78 is 12.9. The highest BCUT2D eigenvalue weighted by Crippen LogP contribution is 2.43. The fraction of sp³-hybridized carbons (Fsp3) is 0.321. The number of hydrogen-bond donors (Lipinski definition) is 3. The fourth-order valence-corrected chi connectivity index (χ4v) is 5.31. The first-order chi connectivity index (χ1) is 17.9. The zero-order chi connectivity index (χ0) is 26.4. The Labute approximate surface area is 220 Å². The molecule has 9 heteroatoms. The van der Waals surface area contributed by atoms with Gasteiger partial charge in [0.15, 0.2) is 6.29 Å². The molecular weight excluding hydrogens is 492 g/mol. The van der Waals surface area contributed by atoms with Crippen molar-refractivity contribution < 1.29 is 29.3 Å².